The Morgan fingerprint density at radius 3 is 2.86 bits per heavy atom. The second kappa shape index (κ2) is 4.72. The average Bonchev–Trinajstić information content (AvgIpc) is 3.13. The molecule has 0 saturated carbocycles. The smallest absolute Gasteiger partial charge is 0.321 e. The molecule has 1 aliphatic rings. The zero-order valence-corrected chi connectivity index (χ0v) is 12.0. The number of hydrogen-bond donors (Lipinski definition) is 3. The highest BCUT2D eigenvalue weighted by Gasteiger charge is 2.34. The Bertz CT molecular complexity index is 807. The fraction of sp³-hybridized carbons (Fsp3) is 0.188. The van der Waals surface area contributed by atoms with Gasteiger partial charge in [-0.05, 0) is 23.1 Å². The molecule has 4 nitrogen and oxygen atoms in total. The van der Waals surface area contributed by atoms with E-state index in [0.29, 0.717) is 6.42 Å². The van der Waals surface area contributed by atoms with Crippen LogP contribution in [0.2, 0.25) is 0 Å². The summed E-state index contributed by atoms with van der Waals surface area (Å²) in [6.07, 6.45) is 0.510. The molecule has 0 radical (unpaired) electrons. The van der Waals surface area contributed by atoms with Crippen molar-refractivity contribution in [1.82, 2.24) is 10.3 Å². The van der Waals surface area contributed by atoms with Gasteiger partial charge in [0.05, 0.1) is 6.04 Å². The van der Waals surface area contributed by atoms with Crippen LogP contribution in [-0.4, -0.2) is 22.1 Å². The number of benzene rings is 1. The van der Waals surface area contributed by atoms with E-state index in [-0.39, 0.29) is 6.04 Å². The van der Waals surface area contributed by atoms with Crippen LogP contribution in [0.15, 0.2) is 41.8 Å². The van der Waals surface area contributed by atoms with Gasteiger partial charge in [-0.15, -0.1) is 11.3 Å². The van der Waals surface area contributed by atoms with Gasteiger partial charge in [-0.3, -0.25) is 10.1 Å². The second-order valence-corrected chi connectivity index (χ2v) is 6.25. The first-order chi connectivity index (χ1) is 10.2. The van der Waals surface area contributed by atoms with Crippen LogP contribution < -0.4 is 5.32 Å². The van der Waals surface area contributed by atoms with E-state index in [1.807, 2.05) is 35.7 Å². The number of hydrogen-bond acceptors (Lipinski definition) is 3. The first-order valence-corrected chi connectivity index (χ1v) is 7.74. The number of aromatic amines is 1. The topological polar surface area (TPSA) is 65.1 Å². The molecule has 0 fully saturated rings. The summed E-state index contributed by atoms with van der Waals surface area (Å²) in [5, 5.41) is 15.8. The zero-order chi connectivity index (χ0) is 14.4. The SMILES string of the molecule is O=C(O)[C@@H]1Cc2c([nH]c3ccccc23)[C@@H](c2cccs2)N1. The number of thiophene rings is 1. The van der Waals surface area contributed by atoms with Crippen molar-refractivity contribution in [3.8, 4) is 0 Å². The van der Waals surface area contributed by atoms with E-state index in [1.54, 1.807) is 11.3 Å². The number of para-hydroxylation sites is 1. The van der Waals surface area contributed by atoms with E-state index < -0.39 is 12.0 Å². The van der Waals surface area contributed by atoms with E-state index in [2.05, 4.69) is 16.4 Å². The van der Waals surface area contributed by atoms with Crippen molar-refractivity contribution in [2.45, 2.75) is 18.5 Å². The minimum absolute atomic E-state index is 0.0813. The number of carboxylic acids is 1. The summed E-state index contributed by atoms with van der Waals surface area (Å²) < 4.78 is 0. The van der Waals surface area contributed by atoms with Gasteiger partial charge in [0.15, 0.2) is 0 Å². The summed E-state index contributed by atoms with van der Waals surface area (Å²) >= 11 is 1.64. The van der Waals surface area contributed by atoms with Gasteiger partial charge in [-0.25, -0.2) is 0 Å². The lowest BCUT2D eigenvalue weighted by Crippen LogP contribution is -2.44. The van der Waals surface area contributed by atoms with Gasteiger partial charge in [-0.1, -0.05) is 24.3 Å². The Kier molecular flexibility index (Phi) is 2.83. The molecule has 2 atom stereocenters. The minimum Gasteiger partial charge on any atom is -0.480 e. The van der Waals surface area contributed by atoms with Crippen LogP contribution in [0.4, 0.5) is 0 Å². The average molecular weight is 298 g/mol. The molecule has 0 unspecified atom stereocenters. The van der Waals surface area contributed by atoms with Crippen molar-refractivity contribution in [2.75, 3.05) is 0 Å². The molecule has 1 aromatic carbocycles. The Labute approximate surface area is 125 Å². The number of fused-ring (bicyclic) bond motifs is 3. The molecule has 1 aliphatic heterocycles. The molecule has 5 heteroatoms. The van der Waals surface area contributed by atoms with Crippen LogP contribution in [0.3, 0.4) is 0 Å². The Hall–Kier alpha value is -2.11. The number of nitrogens with one attached hydrogen (secondary N) is 2. The van der Waals surface area contributed by atoms with Gasteiger partial charge in [0.25, 0.3) is 0 Å². The second-order valence-electron chi connectivity index (χ2n) is 5.27. The molecular formula is C16H14N2O2S. The van der Waals surface area contributed by atoms with Crippen molar-refractivity contribution in [3.05, 3.63) is 57.9 Å². The number of rotatable bonds is 2. The van der Waals surface area contributed by atoms with E-state index in [0.717, 1.165) is 27.0 Å². The van der Waals surface area contributed by atoms with Crippen LogP contribution in [0.5, 0.6) is 0 Å². The van der Waals surface area contributed by atoms with Gasteiger partial charge < -0.3 is 10.1 Å². The fourth-order valence-electron chi connectivity index (χ4n) is 3.07. The molecule has 0 saturated heterocycles. The molecule has 21 heavy (non-hydrogen) atoms. The van der Waals surface area contributed by atoms with Gasteiger partial charge in [-0.2, -0.15) is 0 Å². The summed E-state index contributed by atoms with van der Waals surface area (Å²) in [6.45, 7) is 0. The van der Waals surface area contributed by atoms with Crippen molar-refractivity contribution >= 4 is 28.2 Å². The summed E-state index contributed by atoms with van der Waals surface area (Å²) in [6, 6.07) is 11.5. The van der Waals surface area contributed by atoms with Crippen molar-refractivity contribution in [1.29, 1.82) is 0 Å². The highest BCUT2D eigenvalue weighted by molar-refractivity contribution is 7.10. The number of carboxylic acid groups (broad SMARTS) is 1. The van der Waals surface area contributed by atoms with E-state index in [4.69, 9.17) is 0 Å². The quantitative estimate of drug-likeness (QED) is 0.681. The third-order valence-corrected chi connectivity index (χ3v) is 4.97. The lowest BCUT2D eigenvalue weighted by molar-refractivity contribution is -0.139. The van der Waals surface area contributed by atoms with E-state index in [1.165, 1.54) is 0 Å². The minimum atomic E-state index is -0.799. The maximum absolute atomic E-state index is 11.5. The summed E-state index contributed by atoms with van der Waals surface area (Å²) in [5.74, 6) is -0.799. The van der Waals surface area contributed by atoms with Crippen LogP contribution in [0.25, 0.3) is 10.9 Å². The van der Waals surface area contributed by atoms with E-state index in [9.17, 15) is 9.90 Å². The number of aliphatic carboxylic acids is 1. The Morgan fingerprint density at radius 1 is 1.24 bits per heavy atom. The third-order valence-electron chi connectivity index (χ3n) is 4.04. The molecule has 2 aromatic heterocycles. The largest absolute Gasteiger partial charge is 0.480 e. The van der Waals surface area contributed by atoms with Gasteiger partial charge in [0, 0.05) is 27.9 Å². The zero-order valence-electron chi connectivity index (χ0n) is 11.2. The van der Waals surface area contributed by atoms with Crippen molar-refractivity contribution in [3.63, 3.8) is 0 Å². The maximum Gasteiger partial charge on any atom is 0.321 e. The molecule has 0 spiro atoms. The summed E-state index contributed by atoms with van der Waals surface area (Å²) in [5.41, 5.74) is 3.28. The van der Waals surface area contributed by atoms with Gasteiger partial charge >= 0.3 is 5.97 Å². The number of aromatic nitrogens is 1. The fourth-order valence-corrected chi connectivity index (χ4v) is 3.87. The number of H-pyrrole nitrogens is 1. The maximum atomic E-state index is 11.5. The molecule has 106 valence electrons. The van der Waals surface area contributed by atoms with Crippen LogP contribution in [0.1, 0.15) is 22.2 Å². The van der Waals surface area contributed by atoms with Crippen LogP contribution in [-0.2, 0) is 11.2 Å². The first kappa shape index (κ1) is 12.6. The lowest BCUT2D eigenvalue weighted by Gasteiger charge is -2.28. The molecule has 0 bridgehead atoms. The molecule has 0 amide bonds. The molecule has 0 aliphatic carbocycles. The Morgan fingerprint density at radius 2 is 2.10 bits per heavy atom. The van der Waals surface area contributed by atoms with Crippen LogP contribution >= 0.6 is 11.3 Å². The first-order valence-electron chi connectivity index (χ1n) is 6.86. The van der Waals surface area contributed by atoms with Gasteiger partial charge in [0.1, 0.15) is 6.04 Å². The van der Waals surface area contributed by atoms with Crippen molar-refractivity contribution in [2.24, 2.45) is 0 Å². The Balaban J connectivity index is 1.92. The highest BCUT2D eigenvalue weighted by Crippen LogP contribution is 2.36. The molecule has 3 heterocycles. The molecule has 4 rings (SSSR count). The van der Waals surface area contributed by atoms with Gasteiger partial charge in [0.2, 0.25) is 0 Å². The monoisotopic (exact) mass is 298 g/mol. The predicted octanol–water partition coefficient (Wildman–Crippen LogP) is 2.92. The third kappa shape index (κ3) is 1.97. The lowest BCUT2D eigenvalue weighted by atomic mass is 9.93. The molecular weight excluding hydrogens is 284 g/mol. The van der Waals surface area contributed by atoms with Crippen LogP contribution in [0, 0.1) is 0 Å². The highest BCUT2D eigenvalue weighted by atomic mass is 32.1. The van der Waals surface area contributed by atoms with E-state index >= 15 is 0 Å². The molecule has 3 N–H and O–H groups in total. The number of carbonyl (C=O) groups is 1. The van der Waals surface area contributed by atoms with Crippen molar-refractivity contribution < 1.29 is 9.90 Å². The summed E-state index contributed by atoms with van der Waals surface area (Å²) in [4.78, 5) is 16.1. The standard InChI is InChI=1S/C16H14N2O2S/c19-16(20)12-8-10-9-4-1-2-5-11(9)17-14(10)15(18-12)13-6-3-7-21-13/h1-7,12,15,17-18H,8H2,(H,19,20)/t12-,15+/m0/s1. The predicted molar refractivity (Wildman–Crippen MR) is 82.7 cm³/mol. The summed E-state index contributed by atoms with van der Waals surface area (Å²) in [7, 11) is 0. The normalized spacial score (nSPS) is 21.3. The molecule has 3 aromatic rings.